The number of nitro benzene ring substituents is 1. The van der Waals surface area contributed by atoms with Crippen LogP contribution >= 0.6 is 0 Å². The summed E-state index contributed by atoms with van der Waals surface area (Å²) in [5.74, 6) is 0. The van der Waals surface area contributed by atoms with Gasteiger partial charge in [0.25, 0.3) is 5.69 Å². The fraction of sp³-hybridized carbons (Fsp3) is 0.278. The number of nitrogens with zero attached hydrogens (tertiary/aromatic N) is 3. The molecule has 1 fully saturated rings. The van der Waals surface area contributed by atoms with Gasteiger partial charge in [0.15, 0.2) is 0 Å². The lowest BCUT2D eigenvalue weighted by atomic mass is 10.1. The summed E-state index contributed by atoms with van der Waals surface area (Å²) in [4.78, 5) is 12.6. The minimum absolute atomic E-state index is 0.0675. The van der Waals surface area contributed by atoms with Crippen LogP contribution in [0.25, 0.3) is 0 Å². The Bertz CT molecular complexity index is 750. The molecule has 1 aliphatic heterocycles. The van der Waals surface area contributed by atoms with Crippen molar-refractivity contribution in [2.24, 2.45) is 5.10 Å². The summed E-state index contributed by atoms with van der Waals surface area (Å²) in [5.41, 5.74) is 7.16. The molecular formula is C18H20N4O2. The molecule has 6 nitrogen and oxygen atoms in total. The molecule has 0 bridgehead atoms. The fourth-order valence-corrected chi connectivity index (χ4v) is 2.81. The zero-order valence-electron chi connectivity index (χ0n) is 13.6. The third-order valence-electron chi connectivity index (χ3n) is 4.20. The first-order chi connectivity index (χ1) is 11.6. The summed E-state index contributed by atoms with van der Waals surface area (Å²) in [7, 11) is 0. The molecule has 0 amide bonds. The van der Waals surface area contributed by atoms with E-state index in [1.54, 1.807) is 18.3 Å². The van der Waals surface area contributed by atoms with Crippen molar-refractivity contribution in [3.8, 4) is 0 Å². The highest BCUT2D eigenvalue weighted by Gasteiger charge is 2.12. The highest BCUT2D eigenvalue weighted by Crippen LogP contribution is 2.22. The number of benzene rings is 2. The van der Waals surface area contributed by atoms with Crippen molar-refractivity contribution in [1.82, 2.24) is 0 Å². The SMILES string of the molecule is Cc1cc(N2CCCC2)ccc1/C=N\Nc1ccc([N+](=O)[O-])cc1. The van der Waals surface area contributed by atoms with Crippen molar-refractivity contribution in [1.29, 1.82) is 0 Å². The second kappa shape index (κ2) is 7.12. The van der Waals surface area contributed by atoms with Crippen molar-refractivity contribution in [3.63, 3.8) is 0 Å². The van der Waals surface area contributed by atoms with Gasteiger partial charge in [0.1, 0.15) is 0 Å². The molecule has 0 aliphatic carbocycles. The molecule has 0 saturated carbocycles. The summed E-state index contributed by atoms with van der Waals surface area (Å²) < 4.78 is 0. The predicted octanol–water partition coefficient (Wildman–Crippen LogP) is 3.95. The van der Waals surface area contributed by atoms with E-state index in [4.69, 9.17) is 0 Å². The Hall–Kier alpha value is -2.89. The number of hydrogen-bond donors (Lipinski definition) is 1. The van der Waals surface area contributed by atoms with Crippen LogP contribution in [-0.4, -0.2) is 24.2 Å². The molecule has 1 saturated heterocycles. The van der Waals surface area contributed by atoms with E-state index in [9.17, 15) is 10.1 Å². The van der Waals surface area contributed by atoms with Gasteiger partial charge in [0, 0.05) is 30.9 Å². The quantitative estimate of drug-likeness (QED) is 0.513. The summed E-state index contributed by atoms with van der Waals surface area (Å²) in [6, 6.07) is 12.6. The zero-order chi connectivity index (χ0) is 16.9. The average molecular weight is 324 g/mol. The zero-order valence-corrected chi connectivity index (χ0v) is 13.6. The summed E-state index contributed by atoms with van der Waals surface area (Å²) in [6.07, 6.45) is 4.30. The molecule has 24 heavy (non-hydrogen) atoms. The van der Waals surface area contributed by atoms with Gasteiger partial charge in [0.2, 0.25) is 0 Å². The molecular weight excluding hydrogens is 304 g/mol. The van der Waals surface area contributed by atoms with Crippen LogP contribution in [0.4, 0.5) is 17.1 Å². The van der Waals surface area contributed by atoms with E-state index in [0.29, 0.717) is 5.69 Å². The lowest BCUT2D eigenvalue weighted by Gasteiger charge is -2.18. The lowest BCUT2D eigenvalue weighted by molar-refractivity contribution is -0.384. The third-order valence-corrected chi connectivity index (χ3v) is 4.20. The van der Waals surface area contributed by atoms with Crippen molar-refractivity contribution in [2.45, 2.75) is 19.8 Å². The van der Waals surface area contributed by atoms with E-state index in [0.717, 1.165) is 18.7 Å². The Balaban J connectivity index is 1.64. The molecule has 0 atom stereocenters. The topological polar surface area (TPSA) is 70.8 Å². The summed E-state index contributed by atoms with van der Waals surface area (Å²) in [5, 5.41) is 14.8. The number of hydrogen-bond acceptors (Lipinski definition) is 5. The molecule has 2 aromatic carbocycles. The number of nitrogens with one attached hydrogen (secondary N) is 1. The Labute approximate surface area is 141 Å². The van der Waals surface area contributed by atoms with Gasteiger partial charge in [-0.1, -0.05) is 6.07 Å². The van der Waals surface area contributed by atoms with Crippen molar-refractivity contribution >= 4 is 23.3 Å². The van der Waals surface area contributed by atoms with Crippen LogP contribution in [0.15, 0.2) is 47.6 Å². The second-order valence-corrected chi connectivity index (χ2v) is 5.91. The minimum atomic E-state index is -0.418. The van der Waals surface area contributed by atoms with Gasteiger partial charge >= 0.3 is 0 Å². The van der Waals surface area contributed by atoms with Crippen molar-refractivity contribution < 1.29 is 4.92 Å². The Morgan fingerprint density at radius 2 is 1.88 bits per heavy atom. The molecule has 0 radical (unpaired) electrons. The van der Waals surface area contributed by atoms with E-state index >= 15 is 0 Å². The molecule has 2 aromatic rings. The van der Waals surface area contributed by atoms with Gasteiger partial charge in [-0.15, -0.1) is 0 Å². The van der Waals surface area contributed by atoms with Gasteiger partial charge in [0.05, 0.1) is 16.8 Å². The summed E-state index contributed by atoms with van der Waals surface area (Å²) in [6.45, 7) is 4.34. The van der Waals surface area contributed by atoms with Crippen LogP contribution in [0.3, 0.4) is 0 Å². The van der Waals surface area contributed by atoms with E-state index in [1.807, 2.05) is 0 Å². The number of hydrazone groups is 1. The van der Waals surface area contributed by atoms with Crippen LogP contribution < -0.4 is 10.3 Å². The van der Waals surface area contributed by atoms with E-state index in [-0.39, 0.29) is 5.69 Å². The summed E-state index contributed by atoms with van der Waals surface area (Å²) >= 11 is 0. The number of nitro groups is 1. The van der Waals surface area contributed by atoms with Crippen LogP contribution in [0.2, 0.25) is 0 Å². The molecule has 0 spiro atoms. The molecule has 6 heteroatoms. The molecule has 0 aromatic heterocycles. The van der Waals surface area contributed by atoms with Crippen molar-refractivity contribution in [2.75, 3.05) is 23.4 Å². The van der Waals surface area contributed by atoms with Gasteiger partial charge in [-0.05, 0) is 55.2 Å². The molecule has 0 unspecified atom stereocenters. The average Bonchev–Trinajstić information content (AvgIpc) is 3.11. The van der Waals surface area contributed by atoms with Gasteiger partial charge in [-0.3, -0.25) is 15.5 Å². The van der Waals surface area contributed by atoms with Crippen LogP contribution in [0, 0.1) is 17.0 Å². The molecule has 1 aliphatic rings. The minimum Gasteiger partial charge on any atom is -0.372 e. The first-order valence-electron chi connectivity index (χ1n) is 8.02. The maximum Gasteiger partial charge on any atom is 0.269 e. The number of rotatable bonds is 5. The van der Waals surface area contributed by atoms with Crippen LogP contribution in [0.1, 0.15) is 24.0 Å². The normalized spacial score (nSPS) is 14.3. The number of anilines is 2. The predicted molar refractivity (Wildman–Crippen MR) is 96.9 cm³/mol. The maximum atomic E-state index is 10.6. The van der Waals surface area contributed by atoms with Crippen molar-refractivity contribution in [3.05, 3.63) is 63.7 Å². The highest BCUT2D eigenvalue weighted by atomic mass is 16.6. The first-order valence-corrected chi connectivity index (χ1v) is 8.02. The Morgan fingerprint density at radius 1 is 1.17 bits per heavy atom. The first kappa shape index (κ1) is 16.0. The highest BCUT2D eigenvalue weighted by molar-refractivity contribution is 5.83. The van der Waals surface area contributed by atoms with Gasteiger partial charge in [-0.25, -0.2) is 0 Å². The molecule has 124 valence electrons. The Kier molecular flexibility index (Phi) is 4.74. The standard InChI is InChI=1S/C18H20N4O2/c1-14-12-18(21-10-2-3-11-21)7-4-15(14)13-19-20-16-5-8-17(9-6-16)22(23)24/h4-9,12-13,20H,2-3,10-11H2,1H3/b19-13-. The largest absolute Gasteiger partial charge is 0.372 e. The van der Waals surface area contributed by atoms with Crippen LogP contribution in [-0.2, 0) is 0 Å². The molecule has 1 heterocycles. The lowest BCUT2D eigenvalue weighted by Crippen LogP contribution is -2.17. The fourth-order valence-electron chi connectivity index (χ4n) is 2.81. The maximum absolute atomic E-state index is 10.6. The van der Waals surface area contributed by atoms with E-state index in [2.05, 4.69) is 40.5 Å². The Morgan fingerprint density at radius 3 is 2.50 bits per heavy atom. The number of non-ortho nitro benzene ring substituents is 1. The second-order valence-electron chi connectivity index (χ2n) is 5.91. The third kappa shape index (κ3) is 3.71. The van der Waals surface area contributed by atoms with E-state index in [1.165, 1.54) is 36.2 Å². The number of aryl methyl sites for hydroxylation is 1. The van der Waals surface area contributed by atoms with E-state index < -0.39 is 4.92 Å². The molecule has 1 N–H and O–H groups in total. The van der Waals surface area contributed by atoms with Gasteiger partial charge < -0.3 is 4.90 Å². The smallest absolute Gasteiger partial charge is 0.269 e. The molecule has 3 rings (SSSR count). The monoisotopic (exact) mass is 324 g/mol. The van der Waals surface area contributed by atoms with Gasteiger partial charge in [-0.2, -0.15) is 5.10 Å². The van der Waals surface area contributed by atoms with Crippen LogP contribution in [0.5, 0.6) is 0 Å².